The highest BCUT2D eigenvalue weighted by atomic mass is 35.5. The van der Waals surface area contributed by atoms with Gasteiger partial charge in [0.15, 0.2) is 17.7 Å². The molecule has 1 N–H and O–H groups in total. The van der Waals surface area contributed by atoms with Gasteiger partial charge in [0, 0.05) is 11.8 Å². The Hall–Kier alpha value is -2.21. The second-order valence-electron chi connectivity index (χ2n) is 4.45. The van der Waals surface area contributed by atoms with Crippen molar-refractivity contribution in [3.63, 3.8) is 0 Å². The minimum Gasteiger partial charge on any atom is -0.481 e. The van der Waals surface area contributed by atoms with Gasteiger partial charge in [-0.05, 0) is 37.3 Å². The summed E-state index contributed by atoms with van der Waals surface area (Å²) in [6.07, 6.45) is -0.978. The first-order valence-corrected chi connectivity index (χ1v) is 6.62. The van der Waals surface area contributed by atoms with Crippen molar-refractivity contribution in [2.45, 2.75) is 13.0 Å². The topological polar surface area (TPSA) is 38.3 Å². The van der Waals surface area contributed by atoms with E-state index in [2.05, 4.69) is 5.32 Å². The van der Waals surface area contributed by atoms with Crippen LogP contribution in [-0.4, -0.2) is 12.0 Å². The van der Waals surface area contributed by atoms with Crippen LogP contribution in [0.4, 0.5) is 18.9 Å². The molecule has 1 amide bonds. The zero-order valence-electron chi connectivity index (χ0n) is 11.4. The molecule has 0 aliphatic heterocycles. The Morgan fingerprint density at radius 2 is 1.77 bits per heavy atom. The Morgan fingerprint density at radius 1 is 1.09 bits per heavy atom. The van der Waals surface area contributed by atoms with Crippen molar-refractivity contribution < 1.29 is 22.7 Å². The van der Waals surface area contributed by atoms with Gasteiger partial charge in [-0.2, -0.15) is 0 Å². The maximum atomic E-state index is 13.1. The summed E-state index contributed by atoms with van der Waals surface area (Å²) in [4.78, 5) is 11.9. The molecule has 0 bridgehead atoms. The lowest BCUT2D eigenvalue weighted by Crippen LogP contribution is -2.30. The second kappa shape index (κ2) is 6.70. The lowest BCUT2D eigenvalue weighted by molar-refractivity contribution is -0.122. The lowest BCUT2D eigenvalue weighted by atomic mass is 10.2. The van der Waals surface area contributed by atoms with Crippen molar-refractivity contribution in [1.82, 2.24) is 0 Å². The summed E-state index contributed by atoms with van der Waals surface area (Å²) < 4.78 is 44.1. The van der Waals surface area contributed by atoms with Crippen molar-refractivity contribution in [3.05, 3.63) is 58.9 Å². The average Bonchev–Trinajstić information content (AvgIpc) is 2.46. The molecular weight excluding hydrogens is 319 g/mol. The normalized spacial score (nSPS) is 11.9. The molecule has 2 aromatic rings. The van der Waals surface area contributed by atoms with E-state index >= 15 is 0 Å². The van der Waals surface area contributed by atoms with Crippen LogP contribution < -0.4 is 10.1 Å². The first-order valence-electron chi connectivity index (χ1n) is 6.24. The standard InChI is InChI=1S/C15H11ClF3NO2/c1-8(22-10-3-5-13(18)14(19)7-10)15(21)20-9-2-4-12(17)11(16)6-9/h2-8H,1H3,(H,20,21)/t8-/m0/s1. The van der Waals surface area contributed by atoms with Crippen molar-refractivity contribution in [3.8, 4) is 5.75 Å². The smallest absolute Gasteiger partial charge is 0.265 e. The maximum Gasteiger partial charge on any atom is 0.265 e. The number of hydrogen-bond donors (Lipinski definition) is 1. The molecule has 0 fully saturated rings. The highest BCUT2D eigenvalue weighted by Crippen LogP contribution is 2.20. The molecule has 0 aliphatic rings. The van der Waals surface area contributed by atoms with E-state index in [1.807, 2.05) is 0 Å². The Labute approximate surface area is 129 Å². The van der Waals surface area contributed by atoms with E-state index in [1.165, 1.54) is 25.1 Å². The third kappa shape index (κ3) is 3.92. The first kappa shape index (κ1) is 16.2. The molecule has 2 aromatic carbocycles. The lowest BCUT2D eigenvalue weighted by Gasteiger charge is -2.15. The number of nitrogens with one attached hydrogen (secondary N) is 1. The predicted octanol–water partition coefficient (Wildman–Crippen LogP) is 4.16. The molecule has 1 atom stereocenters. The largest absolute Gasteiger partial charge is 0.481 e. The highest BCUT2D eigenvalue weighted by molar-refractivity contribution is 6.31. The summed E-state index contributed by atoms with van der Waals surface area (Å²) in [6, 6.07) is 6.64. The van der Waals surface area contributed by atoms with Gasteiger partial charge in [0.25, 0.3) is 5.91 Å². The average molecular weight is 330 g/mol. The zero-order chi connectivity index (χ0) is 16.3. The molecular formula is C15H11ClF3NO2. The monoisotopic (exact) mass is 329 g/mol. The Kier molecular flexibility index (Phi) is 4.92. The van der Waals surface area contributed by atoms with Gasteiger partial charge in [-0.15, -0.1) is 0 Å². The number of carbonyl (C=O) groups is 1. The Balaban J connectivity index is 2.02. The third-order valence-corrected chi connectivity index (χ3v) is 3.05. The fourth-order valence-electron chi connectivity index (χ4n) is 1.63. The summed E-state index contributed by atoms with van der Waals surface area (Å²) in [6.45, 7) is 1.43. The number of carbonyl (C=O) groups excluding carboxylic acids is 1. The molecule has 0 saturated heterocycles. The minimum atomic E-state index is -1.07. The van der Waals surface area contributed by atoms with Gasteiger partial charge < -0.3 is 10.1 Å². The molecule has 2 rings (SSSR count). The number of amides is 1. The molecule has 7 heteroatoms. The zero-order valence-corrected chi connectivity index (χ0v) is 12.1. The summed E-state index contributed by atoms with van der Waals surface area (Å²) in [7, 11) is 0. The quantitative estimate of drug-likeness (QED) is 0.914. The molecule has 0 aliphatic carbocycles. The van der Waals surface area contributed by atoms with Crippen LogP contribution in [0.25, 0.3) is 0 Å². The molecule has 0 unspecified atom stereocenters. The molecule has 0 aromatic heterocycles. The molecule has 0 heterocycles. The van der Waals surface area contributed by atoms with Gasteiger partial charge in [0.2, 0.25) is 0 Å². The first-order chi connectivity index (χ1) is 10.4. The van der Waals surface area contributed by atoms with Gasteiger partial charge in [-0.3, -0.25) is 4.79 Å². The van der Waals surface area contributed by atoms with Crippen LogP contribution in [0.2, 0.25) is 5.02 Å². The van der Waals surface area contributed by atoms with Gasteiger partial charge >= 0.3 is 0 Å². The van der Waals surface area contributed by atoms with Crippen molar-refractivity contribution in [1.29, 1.82) is 0 Å². The molecule has 0 spiro atoms. The number of rotatable bonds is 4. The van der Waals surface area contributed by atoms with Crippen molar-refractivity contribution in [2.75, 3.05) is 5.32 Å². The SMILES string of the molecule is C[C@H](Oc1ccc(F)c(F)c1)C(=O)Nc1ccc(F)c(Cl)c1. The summed E-state index contributed by atoms with van der Waals surface area (Å²) in [5.41, 5.74) is 0.289. The molecule has 3 nitrogen and oxygen atoms in total. The number of hydrogen-bond acceptors (Lipinski definition) is 2. The van der Waals surface area contributed by atoms with E-state index in [0.29, 0.717) is 0 Å². The van der Waals surface area contributed by atoms with E-state index in [4.69, 9.17) is 16.3 Å². The van der Waals surface area contributed by atoms with Crippen LogP contribution in [0.5, 0.6) is 5.75 Å². The third-order valence-electron chi connectivity index (χ3n) is 2.76. The summed E-state index contributed by atoms with van der Waals surface area (Å²) in [5.74, 6) is -3.22. The van der Waals surface area contributed by atoms with E-state index < -0.39 is 29.5 Å². The van der Waals surface area contributed by atoms with Crippen LogP contribution >= 0.6 is 11.6 Å². The van der Waals surface area contributed by atoms with E-state index in [9.17, 15) is 18.0 Å². The highest BCUT2D eigenvalue weighted by Gasteiger charge is 2.16. The van der Waals surface area contributed by atoms with Crippen LogP contribution in [0.15, 0.2) is 36.4 Å². The fraction of sp³-hybridized carbons (Fsp3) is 0.133. The number of anilines is 1. The maximum absolute atomic E-state index is 13.1. The predicted molar refractivity (Wildman–Crippen MR) is 76.5 cm³/mol. The van der Waals surface area contributed by atoms with Crippen LogP contribution in [0.1, 0.15) is 6.92 Å². The van der Waals surface area contributed by atoms with Crippen molar-refractivity contribution >= 4 is 23.2 Å². The number of halogens is 4. The Bertz CT molecular complexity index is 709. The summed E-state index contributed by atoms with van der Waals surface area (Å²) in [5, 5.41) is 2.34. The van der Waals surface area contributed by atoms with Gasteiger partial charge in [-0.25, -0.2) is 13.2 Å². The molecule has 22 heavy (non-hydrogen) atoms. The molecule has 0 radical (unpaired) electrons. The second-order valence-corrected chi connectivity index (χ2v) is 4.86. The molecule has 0 saturated carbocycles. The van der Waals surface area contributed by atoms with Crippen LogP contribution in [-0.2, 0) is 4.79 Å². The fourth-order valence-corrected chi connectivity index (χ4v) is 1.81. The van der Waals surface area contributed by atoms with Gasteiger partial charge in [0.1, 0.15) is 11.6 Å². The number of benzene rings is 2. The van der Waals surface area contributed by atoms with E-state index in [-0.39, 0.29) is 16.5 Å². The summed E-state index contributed by atoms with van der Waals surface area (Å²) >= 11 is 5.60. The Morgan fingerprint density at radius 3 is 2.41 bits per heavy atom. The van der Waals surface area contributed by atoms with E-state index in [0.717, 1.165) is 18.2 Å². The van der Waals surface area contributed by atoms with E-state index in [1.54, 1.807) is 0 Å². The van der Waals surface area contributed by atoms with Crippen molar-refractivity contribution in [2.24, 2.45) is 0 Å². The van der Waals surface area contributed by atoms with Gasteiger partial charge in [-0.1, -0.05) is 11.6 Å². The van der Waals surface area contributed by atoms with Crippen LogP contribution in [0, 0.1) is 17.5 Å². The van der Waals surface area contributed by atoms with Crippen LogP contribution in [0.3, 0.4) is 0 Å². The minimum absolute atomic E-state index is 0.0127. The molecule has 116 valence electrons. The van der Waals surface area contributed by atoms with Gasteiger partial charge in [0.05, 0.1) is 5.02 Å². The number of ether oxygens (including phenoxy) is 1.